The Kier molecular flexibility index (Phi) is 4.32. The van der Waals surface area contributed by atoms with Crippen LogP contribution < -0.4 is 0 Å². The molecule has 1 heterocycles. The van der Waals surface area contributed by atoms with Crippen LogP contribution >= 0.6 is 0 Å². The SMILES string of the molecule is CCOC(=O)C#Cc1cc(CO)ccn1. The second kappa shape index (κ2) is 5.78. The third-order valence-electron chi connectivity index (χ3n) is 1.57. The highest BCUT2D eigenvalue weighted by atomic mass is 16.5. The molecule has 0 radical (unpaired) electrons. The number of rotatable bonds is 2. The summed E-state index contributed by atoms with van der Waals surface area (Å²) in [5, 5.41) is 8.86. The zero-order chi connectivity index (χ0) is 11.1. The van der Waals surface area contributed by atoms with Gasteiger partial charge in [0.25, 0.3) is 0 Å². The summed E-state index contributed by atoms with van der Waals surface area (Å²) < 4.78 is 4.63. The summed E-state index contributed by atoms with van der Waals surface area (Å²) in [6.45, 7) is 1.94. The van der Waals surface area contributed by atoms with E-state index in [0.29, 0.717) is 17.9 Å². The summed E-state index contributed by atoms with van der Waals surface area (Å²) in [6.07, 6.45) is 1.53. The number of carbonyl (C=O) groups excluding carboxylic acids is 1. The third-order valence-corrected chi connectivity index (χ3v) is 1.57. The Morgan fingerprint density at radius 1 is 1.67 bits per heavy atom. The Labute approximate surface area is 87.9 Å². The van der Waals surface area contributed by atoms with Crippen LogP contribution in [0.25, 0.3) is 0 Å². The molecule has 0 aliphatic carbocycles. The molecule has 0 saturated carbocycles. The number of pyridine rings is 1. The first-order chi connectivity index (χ1) is 7.26. The van der Waals surface area contributed by atoms with E-state index in [1.807, 2.05) is 0 Å². The molecule has 1 N–H and O–H groups in total. The van der Waals surface area contributed by atoms with Crippen molar-refractivity contribution in [2.24, 2.45) is 0 Å². The van der Waals surface area contributed by atoms with Crippen molar-refractivity contribution >= 4 is 5.97 Å². The molecule has 1 aromatic heterocycles. The van der Waals surface area contributed by atoms with E-state index in [0.717, 1.165) is 0 Å². The van der Waals surface area contributed by atoms with E-state index in [1.165, 1.54) is 6.20 Å². The molecule has 4 heteroatoms. The minimum absolute atomic E-state index is 0.0728. The maximum atomic E-state index is 10.9. The van der Waals surface area contributed by atoms with E-state index in [1.54, 1.807) is 19.1 Å². The van der Waals surface area contributed by atoms with Gasteiger partial charge in [0.15, 0.2) is 0 Å². The van der Waals surface area contributed by atoms with Crippen LogP contribution in [0.5, 0.6) is 0 Å². The molecule has 15 heavy (non-hydrogen) atoms. The molecule has 0 unspecified atom stereocenters. The highest BCUT2D eigenvalue weighted by molar-refractivity contribution is 5.88. The van der Waals surface area contributed by atoms with Crippen molar-refractivity contribution in [3.8, 4) is 11.8 Å². The number of aliphatic hydroxyl groups excluding tert-OH is 1. The molecule has 4 nitrogen and oxygen atoms in total. The van der Waals surface area contributed by atoms with Crippen molar-refractivity contribution in [3.05, 3.63) is 29.6 Å². The number of aliphatic hydroxyl groups is 1. The minimum atomic E-state index is -0.575. The average Bonchev–Trinajstić information content (AvgIpc) is 2.27. The predicted molar refractivity (Wildman–Crippen MR) is 53.7 cm³/mol. The second-order valence-electron chi connectivity index (χ2n) is 2.68. The quantitative estimate of drug-likeness (QED) is 0.564. The van der Waals surface area contributed by atoms with Gasteiger partial charge in [0.2, 0.25) is 0 Å². The zero-order valence-electron chi connectivity index (χ0n) is 8.36. The lowest BCUT2D eigenvalue weighted by Gasteiger charge is -1.95. The molecule has 0 spiro atoms. The summed E-state index contributed by atoms with van der Waals surface area (Å²) >= 11 is 0. The van der Waals surface area contributed by atoms with Crippen molar-refractivity contribution in [2.45, 2.75) is 13.5 Å². The number of carbonyl (C=O) groups is 1. The largest absolute Gasteiger partial charge is 0.456 e. The van der Waals surface area contributed by atoms with Crippen molar-refractivity contribution in [1.29, 1.82) is 0 Å². The first kappa shape index (κ1) is 11.2. The van der Waals surface area contributed by atoms with Gasteiger partial charge >= 0.3 is 5.97 Å². The zero-order valence-corrected chi connectivity index (χ0v) is 8.36. The smallest absolute Gasteiger partial charge is 0.384 e. The van der Waals surface area contributed by atoms with Crippen LogP contribution in [0.3, 0.4) is 0 Å². The van der Waals surface area contributed by atoms with Gasteiger partial charge in [-0.05, 0) is 30.5 Å². The summed E-state index contributed by atoms with van der Waals surface area (Å²) in [4.78, 5) is 14.8. The first-order valence-corrected chi connectivity index (χ1v) is 4.50. The second-order valence-corrected chi connectivity index (χ2v) is 2.68. The normalized spacial score (nSPS) is 8.93. The van der Waals surface area contributed by atoms with E-state index >= 15 is 0 Å². The Hall–Kier alpha value is -1.86. The van der Waals surface area contributed by atoms with E-state index in [9.17, 15) is 4.79 Å². The Morgan fingerprint density at radius 3 is 3.13 bits per heavy atom. The third kappa shape index (κ3) is 3.79. The van der Waals surface area contributed by atoms with Gasteiger partial charge in [-0.25, -0.2) is 9.78 Å². The van der Waals surface area contributed by atoms with Gasteiger partial charge < -0.3 is 9.84 Å². The molecular weight excluding hydrogens is 194 g/mol. The molecule has 0 aliphatic rings. The van der Waals surface area contributed by atoms with Crippen molar-refractivity contribution in [3.63, 3.8) is 0 Å². The highest BCUT2D eigenvalue weighted by Gasteiger charge is 1.95. The minimum Gasteiger partial charge on any atom is -0.456 e. The molecule has 0 fully saturated rings. The van der Waals surface area contributed by atoms with Gasteiger partial charge in [0, 0.05) is 12.1 Å². The predicted octanol–water partition coefficient (Wildman–Crippen LogP) is 0.489. The Bertz CT molecular complexity index is 404. The van der Waals surface area contributed by atoms with Crippen LogP contribution in [-0.4, -0.2) is 22.7 Å². The van der Waals surface area contributed by atoms with Crippen LogP contribution in [-0.2, 0) is 16.1 Å². The van der Waals surface area contributed by atoms with Gasteiger partial charge in [-0.15, -0.1) is 0 Å². The van der Waals surface area contributed by atoms with Gasteiger partial charge in [0.1, 0.15) is 5.69 Å². The van der Waals surface area contributed by atoms with E-state index < -0.39 is 5.97 Å². The molecule has 78 valence electrons. The first-order valence-electron chi connectivity index (χ1n) is 4.50. The molecule has 0 saturated heterocycles. The van der Waals surface area contributed by atoms with Gasteiger partial charge in [-0.2, -0.15) is 0 Å². The lowest BCUT2D eigenvalue weighted by Crippen LogP contribution is -1.99. The highest BCUT2D eigenvalue weighted by Crippen LogP contribution is 1.99. The average molecular weight is 205 g/mol. The van der Waals surface area contributed by atoms with E-state index in [-0.39, 0.29) is 6.61 Å². The number of ether oxygens (including phenoxy) is 1. The molecule has 1 rings (SSSR count). The van der Waals surface area contributed by atoms with E-state index in [2.05, 4.69) is 21.6 Å². The molecule has 0 bridgehead atoms. The van der Waals surface area contributed by atoms with Crippen LogP contribution in [0.4, 0.5) is 0 Å². The maximum Gasteiger partial charge on any atom is 0.384 e. The summed E-state index contributed by atoms with van der Waals surface area (Å²) in [5.74, 6) is 4.28. The molecule has 0 aromatic carbocycles. The molecule has 1 aromatic rings. The topological polar surface area (TPSA) is 59.4 Å². The molecule has 0 aliphatic heterocycles. The lowest BCUT2D eigenvalue weighted by molar-refractivity contribution is -0.136. The van der Waals surface area contributed by atoms with Gasteiger partial charge in [-0.1, -0.05) is 0 Å². The summed E-state index contributed by atoms with van der Waals surface area (Å²) in [6, 6.07) is 3.29. The lowest BCUT2D eigenvalue weighted by atomic mass is 10.2. The van der Waals surface area contributed by atoms with Crippen molar-refractivity contribution in [1.82, 2.24) is 4.98 Å². The fourth-order valence-corrected chi connectivity index (χ4v) is 0.923. The van der Waals surface area contributed by atoms with Gasteiger partial charge in [0.05, 0.1) is 13.2 Å². The fraction of sp³-hybridized carbons (Fsp3) is 0.273. The maximum absolute atomic E-state index is 10.9. The number of nitrogens with zero attached hydrogens (tertiary/aromatic N) is 1. The number of aromatic nitrogens is 1. The molecule has 0 amide bonds. The molecular formula is C11H11NO3. The van der Waals surface area contributed by atoms with Crippen LogP contribution in [0.1, 0.15) is 18.2 Å². The number of hydrogen-bond acceptors (Lipinski definition) is 4. The van der Waals surface area contributed by atoms with Crippen LogP contribution in [0, 0.1) is 11.8 Å². The van der Waals surface area contributed by atoms with Crippen LogP contribution in [0.15, 0.2) is 18.3 Å². The number of esters is 1. The Balaban J connectivity index is 2.75. The monoisotopic (exact) mass is 205 g/mol. The fourth-order valence-electron chi connectivity index (χ4n) is 0.923. The standard InChI is InChI=1S/C11H11NO3/c1-2-15-11(14)4-3-10-7-9(8-13)5-6-12-10/h5-7,13H,2,8H2,1H3. The van der Waals surface area contributed by atoms with Crippen molar-refractivity contribution in [2.75, 3.05) is 6.61 Å². The Morgan fingerprint density at radius 2 is 2.47 bits per heavy atom. The van der Waals surface area contributed by atoms with Gasteiger partial charge in [-0.3, -0.25) is 0 Å². The van der Waals surface area contributed by atoms with Crippen molar-refractivity contribution < 1.29 is 14.6 Å². The summed E-state index contributed by atoms with van der Waals surface area (Å²) in [7, 11) is 0. The van der Waals surface area contributed by atoms with E-state index in [4.69, 9.17) is 5.11 Å². The summed E-state index contributed by atoms with van der Waals surface area (Å²) in [5.41, 5.74) is 1.15. The molecule has 0 atom stereocenters. The van der Waals surface area contributed by atoms with Crippen LogP contribution in [0.2, 0.25) is 0 Å². The number of hydrogen-bond donors (Lipinski definition) is 1.